The minimum Gasteiger partial charge on any atom is -0.367 e. The predicted molar refractivity (Wildman–Crippen MR) is 87.3 cm³/mol. The van der Waals surface area contributed by atoms with E-state index in [-0.39, 0.29) is 11.9 Å². The van der Waals surface area contributed by atoms with Gasteiger partial charge in [0, 0.05) is 25.2 Å². The second-order valence-electron chi connectivity index (χ2n) is 6.40. The van der Waals surface area contributed by atoms with Crippen LogP contribution >= 0.6 is 0 Å². The van der Waals surface area contributed by atoms with Crippen molar-refractivity contribution < 1.29 is 4.39 Å². The van der Waals surface area contributed by atoms with Crippen LogP contribution in [0.2, 0.25) is 0 Å². The van der Waals surface area contributed by atoms with Gasteiger partial charge in [-0.1, -0.05) is 19.9 Å². The lowest BCUT2D eigenvalue weighted by Gasteiger charge is -2.23. The van der Waals surface area contributed by atoms with E-state index in [1.54, 1.807) is 6.07 Å². The van der Waals surface area contributed by atoms with Crippen LogP contribution in [0.1, 0.15) is 32.4 Å². The molecule has 4 heteroatoms. The fourth-order valence-corrected chi connectivity index (χ4v) is 3.29. The smallest absolute Gasteiger partial charge is 0.146 e. The molecule has 0 bridgehead atoms. The Morgan fingerprint density at radius 3 is 2.62 bits per heavy atom. The van der Waals surface area contributed by atoms with Crippen molar-refractivity contribution in [3.05, 3.63) is 29.6 Å². The molecule has 3 nitrogen and oxygen atoms in total. The van der Waals surface area contributed by atoms with Crippen LogP contribution in [0.25, 0.3) is 0 Å². The molecule has 0 amide bonds. The second-order valence-corrected chi connectivity index (χ2v) is 6.40. The van der Waals surface area contributed by atoms with Crippen molar-refractivity contribution in [1.29, 1.82) is 0 Å². The molecule has 0 spiro atoms. The van der Waals surface area contributed by atoms with E-state index in [4.69, 9.17) is 0 Å². The van der Waals surface area contributed by atoms with Gasteiger partial charge < -0.3 is 15.1 Å². The van der Waals surface area contributed by atoms with Gasteiger partial charge >= 0.3 is 0 Å². The van der Waals surface area contributed by atoms with E-state index >= 15 is 0 Å². The van der Waals surface area contributed by atoms with Gasteiger partial charge in [-0.3, -0.25) is 0 Å². The first-order chi connectivity index (χ1) is 9.93. The van der Waals surface area contributed by atoms with E-state index in [0.717, 1.165) is 30.9 Å². The van der Waals surface area contributed by atoms with Crippen molar-refractivity contribution in [3.63, 3.8) is 0 Å². The minimum atomic E-state index is -0.108. The maximum atomic E-state index is 14.5. The Kier molecular flexibility index (Phi) is 5.22. The molecular formula is C17H28FN3. The van der Waals surface area contributed by atoms with Crippen molar-refractivity contribution in [1.82, 2.24) is 10.2 Å². The summed E-state index contributed by atoms with van der Waals surface area (Å²) < 4.78 is 14.5. The van der Waals surface area contributed by atoms with Gasteiger partial charge in [0.25, 0.3) is 0 Å². The van der Waals surface area contributed by atoms with Crippen LogP contribution < -0.4 is 10.2 Å². The van der Waals surface area contributed by atoms with Gasteiger partial charge in [0.05, 0.1) is 5.69 Å². The molecule has 0 aromatic heterocycles. The van der Waals surface area contributed by atoms with Crippen molar-refractivity contribution >= 4 is 5.69 Å². The van der Waals surface area contributed by atoms with Gasteiger partial charge in [-0.05, 0) is 51.2 Å². The van der Waals surface area contributed by atoms with Crippen LogP contribution in [-0.2, 0) is 0 Å². The third-order valence-electron chi connectivity index (χ3n) is 4.56. The molecule has 118 valence electrons. The van der Waals surface area contributed by atoms with Gasteiger partial charge in [-0.2, -0.15) is 0 Å². The summed E-state index contributed by atoms with van der Waals surface area (Å²) in [5.74, 6) is 0.448. The summed E-state index contributed by atoms with van der Waals surface area (Å²) in [5.41, 5.74) is 1.74. The lowest BCUT2D eigenvalue weighted by atomic mass is 10.1. The first kappa shape index (κ1) is 16.2. The zero-order valence-electron chi connectivity index (χ0n) is 13.9. The highest BCUT2D eigenvalue weighted by Crippen LogP contribution is 2.29. The van der Waals surface area contributed by atoms with Gasteiger partial charge in [0.1, 0.15) is 5.82 Å². The number of nitrogens with zero attached hydrogens (tertiary/aromatic N) is 2. The second kappa shape index (κ2) is 6.75. The number of hydrogen-bond donors (Lipinski definition) is 1. The van der Waals surface area contributed by atoms with Gasteiger partial charge in [-0.25, -0.2) is 4.39 Å². The fourth-order valence-electron chi connectivity index (χ4n) is 3.29. The molecule has 1 fully saturated rings. The van der Waals surface area contributed by atoms with Gasteiger partial charge in [-0.15, -0.1) is 0 Å². The molecule has 0 saturated carbocycles. The van der Waals surface area contributed by atoms with Crippen molar-refractivity contribution in [3.8, 4) is 0 Å². The molecule has 1 aromatic rings. The maximum Gasteiger partial charge on any atom is 0.146 e. The fraction of sp³-hybridized carbons (Fsp3) is 0.647. The average molecular weight is 293 g/mol. The van der Waals surface area contributed by atoms with Crippen molar-refractivity contribution in [2.24, 2.45) is 5.92 Å². The molecule has 21 heavy (non-hydrogen) atoms. The Hall–Kier alpha value is -1.13. The van der Waals surface area contributed by atoms with E-state index < -0.39 is 0 Å². The summed E-state index contributed by atoms with van der Waals surface area (Å²) in [5, 5.41) is 3.32. The zero-order valence-corrected chi connectivity index (χ0v) is 13.9. The Balaban J connectivity index is 2.15. The highest BCUT2D eigenvalue weighted by atomic mass is 19.1. The molecule has 0 aliphatic carbocycles. The zero-order chi connectivity index (χ0) is 15.6. The predicted octanol–water partition coefficient (Wildman–Crippen LogP) is 2.88. The van der Waals surface area contributed by atoms with Gasteiger partial charge in [0.2, 0.25) is 0 Å². The first-order valence-electron chi connectivity index (χ1n) is 7.88. The molecule has 1 saturated heterocycles. The molecule has 3 unspecified atom stereocenters. The number of halogens is 1. The molecule has 1 N–H and O–H groups in total. The molecule has 1 aliphatic heterocycles. The van der Waals surface area contributed by atoms with E-state index in [9.17, 15) is 4.39 Å². The molecule has 1 aliphatic rings. The number of anilines is 1. The summed E-state index contributed by atoms with van der Waals surface area (Å²) in [6, 6.07) is 6.33. The first-order valence-corrected chi connectivity index (χ1v) is 7.88. The SMILES string of the molecule is CCNC(C)c1ccc(N2CC(C)C(N(C)C)C2)c(F)c1. The molecule has 3 atom stereocenters. The summed E-state index contributed by atoms with van der Waals surface area (Å²) in [6.07, 6.45) is 0. The highest BCUT2D eigenvalue weighted by molar-refractivity contribution is 5.51. The Bertz CT molecular complexity index is 475. The third kappa shape index (κ3) is 3.55. The van der Waals surface area contributed by atoms with Crippen LogP contribution in [0.5, 0.6) is 0 Å². The van der Waals surface area contributed by atoms with E-state index in [0.29, 0.717) is 12.0 Å². The summed E-state index contributed by atoms with van der Waals surface area (Å²) in [7, 11) is 4.20. The molecule has 1 heterocycles. The summed E-state index contributed by atoms with van der Waals surface area (Å²) in [4.78, 5) is 4.41. The minimum absolute atomic E-state index is 0.108. The topological polar surface area (TPSA) is 18.5 Å². The average Bonchev–Trinajstić information content (AvgIpc) is 2.81. The quantitative estimate of drug-likeness (QED) is 0.900. The lowest BCUT2D eigenvalue weighted by Crippen LogP contribution is -2.34. The monoisotopic (exact) mass is 293 g/mol. The largest absolute Gasteiger partial charge is 0.367 e. The third-order valence-corrected chi connectivity index (χ3v) is 4.56. The number of hydrogen-bond acceptors (Lipinski definition) is 3. The van der Waals surface area contributed by atoms with E-state index in [1.165, 1.54) is 0 Å². The molecular weight excluding hydrogens is 265 g/mol. The number of benzene rings is 1. The van der Waals surface area contributed by atoms with Crippen LogP contribution in [0, 0.1) is 11.7 Å². The normalized spacial score (nSPS) is 23.9. The van der Waals surface area contributed by atoms with Crippen LogP contribution in [0.15, 0.2) is 18.2 Å². The van der Waals surface area contributed by atoms with E-state index in [1.807, 2.05) is 12.1 Å². The van der Waals surface area contributed by atoms with Crippen molar-refractivity contribution in [2.75, 3.05) is 38.6 Å². The van der Waals surface area contributed by atoms with Crippen LogP contribution in [-0.4, -0.2) is 44.7 Å². The maximum absolute atomic E-state index is 14.5. The van der Waals surface area contributed by atoms with Crippen LogP contribution in [0.4, 0.5) is 10.1 Å². The van der Waals surface area contributed by atoms with Gasteiger partial charge in [0.15, 0.2) is 0 Å². The molecule has 1 aromatic carbocycles. The van der Waals surface area contributed by atoms with Crippen LogP contribution in [0.3, 0.4) is 0 Å². The number of nitrogens with one attached hydrogen (secondary N) is 1. The summed E-state index contributed by atoms with van der Waals surface area (Å²) in [6.45, 7) is 9.07. The van der Waals surface area contributed by atoms with E-state index in [2.05, 4.69) is 50.0 Å². The Morgan fingerprint density at radius 2 is 2.10 bits per heavy atom. The molecule has 0 radical (unpaired) electrons. The highest BCUT2D eigenvalue weighted by Gasteiger charge is 2.32. The molecule has 2 rings (SSSR count). The number of likely N-dealkylation sites (N-methyl/N-ethyl adjacent to an activating group) is 1. The number of rotatable bonds is 5. The Labute approximate surface area is 128 Å². The summed E-state index contributed by atoms with van der Waals surface area (Å²) >= 11 is 0. The van der Waals surface area contributed by atoms with Crippen molar-refractivity contribution in [2.45, 2.75) is 32.9 Å². The Morgan fingerprint density at radius 1 is 1.38 bits per heavy atom. The lowest BCUT2D eigenvalue weighted by molar-refractivity contribution is 0.266. The standard InChI is InChI=1S/C17H28FN3/c1-6-19-13(3)14-7-8-16(15(18)9-14)21-10-12(2)17(11-21)20(4)5/h7-9,12-13,17,19H,6,10-11H2,1-5H3.